The summed E-state index contributed by atoms with van der Waals surface area (Å²) in [6.45, 7) is 2.24. The van der Waals surface area contributed by atoms with Crippen molar-refractivity contribution >= 4 is 34.5 Å². The molecule has 2 aromatic rings. The summed E-state index contributed by atoms with van der Waals surface area (Å²) in [4.78, 5) is 12.6. The van der Waals surface area contributed by atoms with E-state index in [0.717, 1.165) is 11.1 Å². The molecule has 0 spiro atoms. The zero-order chi connectivity index (χ0) is 14.5. The zero-order valence-corrected chi connectivity index (χ0v) is 12.4. The van der Waals surface area contributed by atoms with E-state index in [4.69, 9.17) is 17.3 Å². The summed E-state index contributed by atoms with van der Waals surface area (Å²) in [7, 11) is 0. The number of carbonyl (C=O) groups is 1. The van der Waals surface area contributed by atoms with Gasteiger partial charge in [-0.25, -0.2) is 0 Å². The van der Waals surface area contributed by atoms with Gasteiger partial charge in [0.2, 0.25) is 0 Å². The number of thiophene rings is 1. The normalized spacial score (nSPS) is 9.75. The fraction of sp³-hybridized carbons (Fsp3) is 0.133. The summed E-state index contributed by atoms with van der Waals surface area (Å²) >= 11 is 7.26. The first-order chi connectivity index (χ1) is 9.61. The molecule has 0 atom stereocenters. The molecule has 1 aromatic heterocycles. The van der Waals surface area contributed by atoms with Crippen LogP contribution in [0.25, 0.3) is 0 Å². The Bertz CT molecular complexity index is 697. The molecule has 0 fully saturated rings. The molecular formula is C15H13ClN2OS. The predicted molar refractivity (Wildman–Crippen MR) is 84.4 cm³/mol. The average molecular weight is 305 g/mol. The zero-order valence-electron chi connectivity index (χ0n) is 10.9. The maximum Gasteiger partial charge on any atom is 0.267 e. The van der Waals surface area contributed by atoms with Gasteiger partial charge in [-0.3, -0.25) is 4.79 Å². The van der Waals surface area contributed by atoms with Gasteiger partial charge >= 0.3 is 0 Å². The molecule has 1 heterocycles. The highest BCUT2D eigenvalue weighted by atomic mass is 35.5. The van der Waals surface area contributed by atoms with Gasteiger partial charge in [0, 0.05) is 5.56 Å². The van der Waals surface area contributed by atoms with Crippen molar-refractivity contribution in [3.63, 3.8) is 0 Å². The van der Waals surface area contributed by atoms with E-state index >= 15 is 0 Å². The van der Waals surface area contributed by atoms with E-state index in [0.29, 0.717) is 15.6 Å². The molecule has 0 aliphatic rings. The minimum Gasteiger partial charge on any atom is -0.320 e. The lowest BCUT2D eigenvalue weighted by Crippen LogP contribution is -2.11. The largest absolute Gasteiger partial charge is 0.320 e. The molecule has 0 radical (unpaired) electrons. The van der Waals surface area contributed by atoms with E-state index in [1.165, 1.54) is 11.3 Å². The van der Waals surface area contributed by atoms with E-state index in [9.17, 15) is 4.79 Å². The van der Waals surface area contributed by atoms with Crippen molar-refractivity contribution in [2.75, 3.05) is 11.9 Å². The van der Waals surface area contributed by atoms with Crippen molar-refractivity contribution in [1.82, 2.24) is 0 Å². The van der Waals surface area contributed by atoms with Crippen LogP contribution in [0.15, 0.2) is 29.6 Å². The summed E-state index contributed by atoms with van der Waals surface area (Å²) in [5.74, 6) is 5.52. The van der Waals surface area contributed by atoms with Gasteiger partial charge in [-0.1, -0.05) is 29.5 Å². The molecule has 20 heavy (non-hydrogen) atoms. The van der Waals surface area contributed by atoms with Gasteiger partial charge in [-0.2, -0.15) is 0 Å². The van der Waals surface area contributed by atoms with Crippen LogP contribution < -0.4 is 11.1 Å². The van der Waals surface area contributed by atoms with Gasteiger partial charge in [-0.15, -0.1) is 11.3 Å². The smallest absolute Gasteiger partial charge is 0.267 e. The summed E-state index contributed by atoms with van der Waals surface area (Å²) in [6.07, 6.45) is 0. The number of benzene rings is 1. The minimum atomic E-state index is -0.232. The fourth-order valence-electron chi connectivity index (χ4n) is 1.65. The molecule has 1 aromatic carbocycles. The summed E-state index contributed by atoms with van der Waals surface area (Å²) in [6, 6.07) is 7.36. The van der Waals surface area contributed by atoms with Crippen molar-refractivity contribution in [2.45, 2.75) is 6.92 Å². The number of nitrogens with two attached hydrogens (primary N) is 1. The first kappa shape index (κ1) is 14.6. The molecule has 0 aliphatic carbocycles. The van der Waals surface area contributed by atoms with Gasteiger partial charge in [0.15, 0.2) is 0 Å². The highest BCUT2D eigenvalue weighted by molar-refractivity contribution is 7.12. The van der Waals surface area contributed by atoms with Gasteiger partial charge in [0.1, 0.15) is 4.88 Å². The van der Waals surface area contributed by atoms with Crippen molar-refractivity contribution < 1.29 is 4.79 Å². The van der Waals surface area contributed by atoms with Gasteiger partial charge in [0.25, 0.3) is 5.91 Å². The molecular weight excluding hydrogens is 292 g/mol. The lowest BCUT2D eigenvalue weighted by atomic mass is 10.1. The second kappa shape index (κ2) is 6.58. The monoisotopic (exact) mass is 304 g/mol. The molecule has 5 heteroatoms. The van der Waals surface area contributed by atoms with Crippen LogP contribution in [-0.2, 0) is 0 Å². The van der Waals surface area contributed by atoms with Gasteiger partial charge in [-0.05, 0) is 36.1 Å². The van der Waals surface area contributed by atoms with E-state index < -0.39 is 0 Å². The summed E-state index contributed by atoms with van der Waals surface area (Å²) < 4.78 is 0. The Balaban J connectivity index is 2.29. The SMILES string of the molecule is Cc1ccc(NC(=O)c2sccc2Cl)c(C#CCN)c1. The lowest BCUT2D eigenvalue weighted by Gasteiger charge is -2.07. The third-order valence-electron chi connectivity index (χ3n) is 2.57. The summed E-state index contributed by atoms with van der Waals surface area (Å²) in [5.41, 5.74) is 7.86. The quantitative estimate of drug-likeness (QED) is 0.837. The Morgan fingerprint density at radius 3 is 2.90 bits per heavy atom. The first-order valence-electron chi connectivity index (χ1n) is 5.95. The lowest BCUT2D eigenvalue weighted by molar-refractivity contribution is 0.103. The molecule has 0 unspecified atom stereocenters. The molecule has 3 nitrogen and oxygen atoms in total. The fourth-order valence-corrected chi connectivity index (χ4v) is 2.69. The number of carbonyl (C=O) groups excluding carboxylic acids is 1. The van der Waals surface area contributed by atoms with Crippen LogP contribution in [0, 0.1) is 18.8 Å². The Kier molecular flexibility index (Phi) is 4.80. The Hall–Kier alpha value is -1.80. The number of nitrogens with one attached hydrogen (secondary N) is 1. The van der Waals surface area contributed by atoms with Crippen LogP contribution in [0.2, 0.25) is 5.02 Å². The Morgan fingerprint density at radius 2 is 2.25 bits per heavy atom. The van der Waals surface area contributed by atoms with Crippen molar-refractivity contribution in [2.24, 2.45) is 5.73 Å². The minimum absolute atomic E-state index is 0.232. The second-order valence-corrected chi connectivity index (χ2v) is 5.43. The highest BCUT2D eigenvalue weighted by Gasteiger charge is 2.13. The number of aryl methyl sites for hydroxylation is 1. The molecule has 0 aliphatic heterocycles. The molecule has 3 N–H and O–H groups in total. The maximum absolute atomic E-state index is 12.1. The third kappa shape index (κ3) is 3.40. The average Bonchev–Trinajstić information content (AvgIpc) is 2.85. The van der Waals surface area contributed by atoms with E-state index in [-0.39, 0.29) is 12.5 Å². The van der Waals surface area contributed by atoms with E-state index in [1.54, 1.807) is 11.4 Å². The number of rotatable bonds is 2. The van der Waals surface area contributed by atoms with E-state index in [2.05, 4.69) is 17.2 Å². The predicted octanol–water partition coefficient (Wildman–Crippen LogP) is 3.27. The maximum atomic E-state index is 12.1. The molecule has 2 rings (SSSR count). The number of hydrogen-bond acceptors (Lipinski definition) is 3. The summed E-state index contributed by atoms with van der Waals surface area (Å²) in [5, 5.41) is 5.07. The number of amides is 1. The van der Waals surface area contributed by atoms with Gasteiger partial charge < -0.3 is 11.1 Å². The van der Waals surface area contributed by atoms with Crippen LogP contribution in [0.5, 0.6) is 0 Å². The van der Waals surface area contributed by atoms with Crippen LogP contribution >= 0.6 is 22.9 Å². The van der Waals surface area contributed by atoms with Gasteiger partial charge in [0.05, 0.1) is 17.3 Å². The highest BCUT2D eigenvalue weighted by Crippen LogP contribution is 2.24. The molecule has 0 saturated carbocycles. The van der Waals surface area contributed by atoms with Crippen molar-refractivity contribution in [3.05, 3.63) is 50.7 Å². The number of halogens is 1. The standard InChI is InChI=1S/C15H13ClN2OS/c1-10-4-5-13(11(9-10)3-2-7-17)18-15(19)14-12(16)6-8-20-14/h4-6,8-9H,7,17H2,1H3,(H,18,19). The number of anilines is 1. The second-order valence-electron chi connectivity index (χ2n) is 4.11. The van der Waals surface area contributed by atoms with Crippen molar-refractivity contribution in [3.8, 4) is 11.8 Å². The van der Waals surface area contributed by atoms with Crippen LogP contribution in [0.1, 0.15) is 20.8 Å². The topological polar surface area (TPSA) is 55.1 Å². The van der Waals surface area contributed by atoms with Crippen LogP contribution in [-0.4, -0.2) is 12.5 Å². The Morgan fingerprint density at radius 1 is 1.45 bits per heavy atom. The van der Waals surface area contributed by atoms with Crippen molar-refractivity contribution in [1.29, 1.82) is 0 Å². The van der Waals surface area contributed by atoms with Crippen LogP contribution in [0.4, 0.5) is 5.69 Å². The molecule has 1 amide bonds. The third-order valence-corrected chi connectivity index (χ3v) is 3.91. The molecule has 0 bridgehead atoms. The Labute approximate surface area is 126 Å². The molecule has 102 valence electrons. The van der Waals surface area contributed by atoms with Crippen LogP contribution in [0.3, 0.4) is 0 Å². The number of hydrogen-bond donors (Lipinski definition) is 2. The van der Waals surface area contributed by atoms with E-state index in [1.807, 2.05) is 25.1 Å². The first-order valence-corrected chi connectivity index (χ1v) is 7.21. The molecule has 0 saturated heterocycles.